The third kappa shape index (κ3) is 4.74. The SMILES string of the molecule is O=C1CCc2ccccc2N1CCCN1CCC(CCN2OCCC2O)CC1. The number of aliphatic hydroxyl groups excluding tert-OH is 1. The Hall–Kier alpha value is -1.47. The van der Waals surface area contributed by atoms with Crippen LogP contribution in [0.15, 0.2) is 24.3 Å². The number of amides is 1. The van der Waals surface area contributed by atoms with Crippen molar-refractivity contribution >= 4 is 11.6 Å². The normalized spacial score (nSPS) is 24.7. The van der Waals surface area contributed by atoms with Gasteiger partial charge in [0.25, 0.3) is 0 Å². The third-order valence-corrected chi connectivity index (χ3v) is 6.48. The molecule has 0 aliphatic carbocycles. The van der Waals surface area contributed by atoms with Gasteiger partial charge in [-0.2, -0.15) is 5.06 Å². The van der Waals surface area contributed by atoms with Crippen LogP contribution in [0.25, 0.3) is 0 Å². The predicted octanol–water partition coefficient (Wildman–Crippen LogP) is 2.41. The average Bonchev–Trinajstić information content (AvgIpc) is 3.14. The van der Waals surface area contributed by atoms with Gasteiger partial charge in [0.1, 0.15) is 6.23 Å². The summed E-state index contributed by atoms with van der Waals surface area (Å²) in [4.78, 5) is 22.4. The minimum absolute atomic E-state index is 0.267. The number of benzene rings is 1. The van der Waals surface area contributed by atoms with E-state index in [4.69, 9.17) is 4.84 Å². The van der Waals surface area contributed by atoms with Crippen molar-refractivity contribution in [3.63, 3.8) is 0 Å². The molecular formula is C22H33N3O3. The zero-order chi connectivity index (χ0) is 19.3. The Morgan fingerprint density at radius 1 is 1.04 bits per heavy atom. The highest BCUT2D eigenvalue weighted by molar-refractivity contribution is 5.96. The molecule has 1 N–H and O–H groups in total. The van der Waals surface area contributed by atoms with Gasteiger partial charge in [0.05, 0.1) is 6.61 Å². The first-order chi connectivity index (χ1) is 13.7. The molecule has 0 bridgehead atoms. The van der Waals surface area contributed by atoms with Crippen LogP contribution in [0.3, 0.4) is 0 Å². The minimum atomic E-state index is -0.414. The number of aryl methyl sites for hydroxylation is 1. The smallest absolute Gasteiger partial charge is 0.227 e. The van der Waals surface area contributed by atoms with E-state index < -0.39 is 6.23 Å². The number of nitrogens with zero attached hydrogens (tertiary/aromatic N) is 3. The molecule has 2 saturated heterocycles. The van der Waals surface area contributed by atoms with Crippen LogP contribution >= 0.6 is 0 Å². The summed E-state index contributed by atoms with van der Waals surface area (Å²) in [5.74, 6) is 0.993. The zero-order valence-corrected chi connectivity index (χ0v) is 16.8. The first-order valence-corrected chi connectivity index (χ1v) is 10.9. The maximum atomic E-state index is 12.4. The lowest BCUT2D eigenvalue weighted by Gasteiger charge is -2.34. The summed E-state index contributed by atoms with van der Waals surface area (Å²) in [6, 6.07) is 8.32. The standard InChI is InChI=1S/C22H33N3O3/c26-21-7-6-19-4-1-2-5-20(19)24(21)13-3-12-23-14-8-18(9-15-23)10-16-25-22(27)11-17-28-25/h1-2,4-5,18,22,27H,3,6-17H2. The van der Waals surface area contributed by atoms with Crippen LogP contribution in [0.2, 0.25) is 0 Å². The van der Waals surface area contributed by atoms with Crippen molar-refractivity contribution in [1.29, 1.82) is 0 Å². The molecule has 1 amide bonds. The van der Waals surface area contributed by atoms with Crippen molar-refractivity contribution in [3.8, 4) is 0 Å². The Balaban J connectivity index is 1.16. The largest absolute Gasteiger partial charge is 0.376 e. The maximum absolute atomic E-state index is 12.4. The zero-order valence-electron chi connectivity index (χ0n) is 16.8. The Morgan fingerprint density at radius 3 is 2.64 bits per heavy atom. The van der Waals surface area contributed by atoms with Gasteiger partial charge < -0.3 is 14.9 Å². The van der Waals surface area contributed by atoms with Gasteiger partial charge in [0.2, 0.25) is 5.91 Å². The Labute approximate surface area is 168 Å². The number of carbonyl (C=O) groups excluding carboxylic acids is 1. The molecule has 0 spiro atoms. The first-order valence-electron chi connectivity index (χ1n) is 10.9. The Bertz CT molecular complexity index is 660. The number of anilines is 1. The van der Waals surface area contributed by atoms with E-state index in [0.29, 0.717) is 13.0 Å². The highest BCUT2D eigenvalue weighted by atomic mass is 16.7. The second-order valence-electron chi connectivity index (χ2n) is 8.34. The van der Waals surface area contributed by atoms with Gasteiger partial charge >= 0.3 is 0 Å². The van der Waals surface area contributed by atoms with Crippen molar-refractivity contribution in [2.45, 2.75) is 51.2 Å². The van der Waals surface area contributed by atoms with Crippen LogP contribution in [-0.4, -0.2) is 66.5 Å². The van der Waals surface area contributed by atoms with E-state index in [1.165, 1.54) is 18.4 Å². The molecule has 1 aromatic carbocycles. The molecule has 28 heavy (non-hydrogen) atoms. The fourth-order valence-corrected chi connectivity index (χ4v) is 4.72. The van der Waals surface area contributed by atoms with Gasteiger partial charge in [-0.1, -0.05) is 18.2 Å². The molecule has 0 radical (unpaired) electrons. The number of hydrogen-bond acceptors (Lipinski definition) is 5. The van der Waals surface area contributed by atoms with E-state index >= 15 is 0 Å². The van der Waals surface area contributed by atoms with Crippen molar-refractivity contribution in [1.82, 2.24) is 9.96 Å². The monoisotopic (exact) mass is 387 g/mol. The summed E-state index contributed by atoms with van der Waals surface area (Å²) in [6.45, 7) is 5.63. The van der Waals surface area contributed by atoms with E-state index in [0.717, 1.165) is 70.0 Å². The fourth-order valence-electron chi connectivity index (χ4n) is 4.72. The van der Waals surface area contributed by atoms with Crippen molar-refractivity contribution < 1.29 is 14.7 Å². The number of carbonyl (C=O) groups is 1. The molecule has 1 unspecified atom stereocenters. The molecule has 6 nitrogen and oxygen atoms in total. The quantitative estimate of drug-likeness (QED) is 0.779. The maximum Gasteiger partial charge on any atom is 0.227 e. The number of para-hydroxylation sites is 1. The van der Waals surface area contributed by atoms with Crippen LogP contribution in [0.5, 0.6) is 0 Å². The van der Waals surface area contributed by atoms with Crippen LogP contribution in [0.1, 0.15) is 44.1 Å². The summed E-state index contributed by atoms with van der Waals surface area (Å²) in [7, 11) is 0. The molecule has 3 aliphatic rings. The lowest BCUT2D eigenvalue weighted by Crippen LogP contribution is -2.39. The molecule has 0 saturated carbocycles. The predicted molar refractivity (Wildman–Crippen MR) is 109 cm³/mol. The minimum Gasteiger partial charge on any atom is -0.376 e. The third-order valence-electron chi connectivity index (χ3n) is 6.48. The van der Waals surface area contributed by atoms with Crippen LogP contribution in [-0.2, 0) is 16.1 Å². The number of hydroxylamine groups is 2. The summed E-state index contributed by atoms with van der Waals surface area (Å²) in [6.07, 6.45) is 6.38. The molecule has 1 aromatic rings. The van der Waals surface area contributed by atoms with E-state index in [2.05, 4.69) is 23.1 Å². The van der Waals surface area contributed by atoms with E-state index in [1.54, 1.807) is 5.06 Å². The first kappa shape index (κ1) is 19.8. The van der Waals surface area contributed by atoms with Gasteiger partial charge in [0.15, 0.2) is 0 Å². The molecule has 4 rings (SSSR count). The molecule has 3 aliphatic heterocycles. The van der Waals surface area contributed by atoms with Gasteiger partial charge in [-0.15, -0.1) is 0 Å². The number of aliphatic hydroxyl groups is 1. The number of piperidine rings is 1. The Morgan fingerprint density at radius 2 is 1.86 bits per heavy atom. The van der Waals surface area contributed by atoms with E-state index in [1.807, 2.05) is 11.0 Å². The molecule has 3 heterocycles. The second-order valence-corrected chi connectivity index (χ2v) is 8.34. The van der Waals surface area contributed by atoms with Gasteiger partial charge in [-0.05, 0) is 69.3 Å². The summed E-state index contributed by atoms with van der Waals surface area (Å²) in [5.41, 5.74) is 2.42. The summed E-state index contributed by atoms with van der Waals surface area (Å²) < 4.78 is 0. The summed E-state index contributed by atoms with van der Waals surface area (Å²) in [5, 5.41) is 11.6. The fraction of sp³-hybridized carbons (Fsp3) is 0.682. The second kappa shape index (κ2) is 9.35. The highest BCUT2D eigenvalue weighted by Crippen LogP contribution is 2.28. The lowest BCUT2D eigenvalue weighted by molar-refractivity contribution is -0.181. The van der Waals surface area contributed by atoms with Crippen LogP contribution < -0.4 is 4.90 Å². The molecule has 154 valence electrons. The molecular weight excluding hydrogens is 354 g/mol. The number of rotatable bonds is 7. The summed E-state index contributed by atoms with van der Waals surface area (Å²) >= 11 is 0. The Kier molecular flexibility index (Phi) is 6.62. The molecule has 1 atom stereocenters. The van der Waals surface area contributed by atoms with E-state index in [-0.39, 0.29) is 5.91 Å². The average molecular weight is 388 g/mol. The number of fused-ring (bicyclic) bond motifs is 1. The molecule has 0 aromatic heterocycles. The van der Waals surface area contributed by atoms with Gasteiger partial charge in [-0.25, -0.2) is 0 Å². The number of hydrogen-bond donors (Lipinski definition) is 1. The number of likely N-dealkylation sites (tertiary alicyclic amines) is 1. The van der Waals surface area contributed by atoms with Crippen molar-refractivity contribution in [3.05, 3.63) is 29.8 Å². The van der Waals surface area contributed by atoms with Gasteiger partial charge in [0, 0.05) is 31.6 Å². The van der Waals surface area contributed by atoms with E-state index in [9.17, 15) is 9.90 Å². The van der Waals surface area contributed by atoms with Crippen LogP contribution in [0, 0.1) is 5.92 Å². The lowest BCUT2D eigenvalue weighted by atomic mass is 9.93. The van der Waals surface area contributed by atoms with Crippen LogP contribution in [0.4, 0.5) is 5.69 Å². The van der Waals surface area contributed by atoms with Crippen molar-refractivity contribution in [2.24, 2.45) is 5.92 Å². The molecule has 2 fully saturated rings. The van der Waals surface area contributed by atoms with Gasteiger partial charge in [-0.3, -0.25) is 9.63 Å². The topological polar surface area (TPSA) is 56.3 Å². The highest BCUT2D eigenvalue weighted by Gasteiger charge is 2.26. The van der Waals surface area contributed by atoms with Crippen molar-refractivity contribution in [2.75, 3.05) is 44.2 Å². The molecule has 6 heteroatoms.